The number of carboxylic acid groups (broad SMARTS) is 1. The van der Waals surface area contributed by atoms with Crippen LogP contribution in [0, 0.1) is 5.92 Å². The van der Waals surface area contributed by atoms with Crippen LogP contribution in [-0.2, 0) is 15.6 Å². The lowest BCUT2D eigenvalue weighted by Crippen LogP contribution is -2.27. The maximum Gasteiger partial charge on any atom is 0.319 e. The van der Waals surface area contributed by atoms with Gasteiger partial charge in [-0.2, -0.15) is 0 Å². The zero-order chi connectivity index (χ0) is 11.7. The second kappa shape index (κ2) is 4.67. The molecule has 1 aliphatic rings. The Morgan fingerprint density at radius 2 is 1.94 bits per heavy atom. The van der Waals surface area contributed by atoms with Crippen molar-refractivity contribution in [2.45, 2.75) is 23.0 Å². The minimum absolute atomic E-state index is 0.0852. The number of benzene rings is 1. The Morgan fingerprint density at radius 3 is 2.38 bits per heavy atom. The molecule has 1 aromatic carbocycles. The van der Waals surface area contributed by atoms with E-state index in [1.54, 1.807) is 24.3 Å². The van der Waals surface area contributed by atoms with Gasteiger partial charge in [-0.05, 0) is 43.0 Å². The molecule has 1 aromatic rings. The van der Waals surface area contributed by atoms with Gasteiger partial charge in [0.1, 0.15) is 5.25 Å². The second-order valence-corrected chi connectivity index (χ2v) is 6.34. The van der Waals surface area contributed by atoms with Gasteiger partial charge < -0.3 is 5.11 Å². The molecule has 0 spiro atoms. The first-order valence-corrected chi connectivity index (χ1v) is 6.99. The van der Waals surface area contributed by atoms with Gasteiger partial charge in [0.05, 0.1) is 10.8 Å². The molecule has 0 amide bonds. The van der Waals surface area contributed by atoms with Crippen LogP contribution in [0.2, 0.25) is 0 Å². The first-order chi connectivity index (χ1) is 7.59. The Hall–Kier alpha value is -0.680. The van der Waals surface area contributed by atoms with Gasteiger partial charge in [0, 0.05) is 9.37 Å². The van der Waals surface area contributed by atoms with E-state index in [0.717, 1.165) is 17.3 Å². The van der Waals surface area contributed by atoms with Crippen molar-refractivity contribution >= 4 is 32.7 Å². The molecule has 1 fully saturated rings. The Balaban J connectivity index is 2.22. The fourth-order valence-corrected chi connectivity index (χ4v) is 3.35. The standard InChI is InChI=1S/C11H11BrO3S/c12-8-3-5-9(6-4-8)16(15)10(11(13)14)7-1-2-7/h3-7,10H,1-2H2,(H,13,14). The van der Waals surface area contributed by atoms with Crippen LogP contribution in [0.1, 0.15) is 12.8 Å². The van der Waals surface area contributed by atoms with Crippen molar-refractivity contribution in [1.82, 2.24) is 0 Å². The van der Waals surface area contributed by atoms with Crippen LogP contribution >= 0.6 is 15.9 Å². The molecule has 2 rings (SSSR count). The van der Waals surface area contributed by atoms with Crippen LogP contribution in [0.3, 0.4) is 0 Å². The molecular formula is C11H11BrO3S. The van der Waals surface area contributed by atoms with E-state index in [9.17, 15) is 9.00 Å². The monoisotopic (exact) mass is 302 g/mol. The molecule has 2 atom stereocenters. The van der Waals surface area contributed by atoms with Crippen LogP contribution in [0.5, 0.6) is 0 Å². The summed E-state index contributed by atoms with van der Waals surface area (Å²) < 4.78 is 13.0. The number of halogens is 1. The summed E-state index contributed by atoms with van der Waals surface area (Å²) in [5.41, 5.74) is 0. The molecule has 5 heteroatoms. The van der Waals surface area contributed by atoms with Gasteiger partial charge in [0.25, 0.3) is 0 Å². The van der Waals surface area contributed by atoms with Gasteiger partial charge in [0.2, 0.25) is 0 Å². The molecule has 1 aliphatic carbocycles. The van der Waals surface area contributed by atoms with Crippen LogP contribution in [-0.4, -0.2) is 20.5 Å². The second-order valence-electron chi connectivity index (χ2n) is 3.85. The molecule has 86 valence electrons. The van der Waals surface area contributed by atoms with E-state index in [1.807, 2.05) is 0 Å². The molecule has 0 aromatic heterocycles. The van der Waals surface area contributed by atoms with Crippen molar-refractivity contribution in [2.75, 3.05) is 0 Å². The lowest BCUT2D eigenvalue weighted by molar-refractivity contribution is -0.136. The fraction of sp³-hybridized carbons (Fsp3) is 0.364. The topological polar surface area (TPSA) is 54.4 Å². The van der Waals surface area contributed by atoms with Crippen molar-refractivity contribution in [3.8, 4) is 0 Å². The van der Waals surface area contributed by atoms with E-state index in [4.69, 9.17) is 5.11 Å². The third kappa shape index (κ3) is 2.52. The van der Waals surface area contributed by atoms with Gasteiger partial charge in [-0.15, -0.1) is 0 Å². The first kappa shape index (κ1) is 11.8. The Morgan fingerprint density at radius 1 is 1.38 bits per heavy atom. The van der Waals surface area contributed by atoms with E-state index >= 15 is 0 Å². The average molecular weight is 303 g/mol. The summed E-state index contributed by atoms with van der Waals surface area (Å²) in [7, 11) is -1.45. The number of hydrogen-bond donors (Lipinski definition) is 1. The molecule has 0 heterocycles. The number of carbonyl (C=O) groups is 1. The Kier molecular flexibility index (Phi) is 3.44. The van der Waals surface area contributed by atoms with Crippen molar-refractivity contribution in [3.05, 3.63) is 28.7 Å². The van der Waals surface area contributed by atoms with E-state index in [1.165, 1.54) is 0 Å². The van der Waals surface area contributed by atoms with E-state index in [-0.39, 0.29) is 5.92 Å². The third-order valence-electron chi connectivity index (χ3n) is 2.57. The first-order valence-electron chi connectivity index (χ1n) is 4.98. The van der Waals surface area contributed by atoms with Crippen molar-refractivity contribution in [2.24, 2.45) is 5.92 Å². The zero-order valence-electron chi connectivity index (χ0n) is 8.43. The molecule has 1 saturated carbocycles. The number of carboxylic acids is 1. The van der Waals surface area contributed by atoms with Crippen LogP contribution in [0.15, 0.2) is 33.6 Å². The lowest BCUT2D eigenvalue weighted by atomic mass is 10.3. The van der Waals surface area contributed by atoms with Crippen molar-refractivity contribution in [1.29, 1.82) is 0 Å². The van der Waals surface area contributed by atoms with E-state index in [2.05, 4.69) is 15.9 Å². The molecular weight excluding hydrogens is 292 g/mol. The third-order valence-corrected chi connectivity index (χ3v) is 4.88. The summed E-state index contributed by atoms with van der Waals surface area (Å²) in [5, 5.41) is 8.32. The van der Waals surface area contributed by atoms with Crippen molar-refractivity contribution < 1.29 is 14.1 Å². The molecule has 0 aliphatic heterocycles. The van der Waals surface area contributed by atoms with Crippen LogP contribution in [0.4, 0.5) is 0 Å². The molecule has 3 nitrogen and oxygen atoms in total. The van der Waals surface area contributed by atoms with E-state index < -0.39 is 22.0 Å². The lowest BCUT2D eigenvalue weighted by Gasteiger charge is -2.10. The van der Waals surface area contributed by atoms with Gasteiger partial charge in [-0.3, -0.25) is 9.00 Å². The predicted molar refractivity (Wildman–Crippen MR) is 64.7 cm³/mol. The molecule has 2 unspecified atom stereocenters. The van der Waals surface area contributed by atoms with Gasteiger partial charge in [0.15, 0.2) is 0 Å². The van der Waals surface area contributed by atoms with E-state index in [0.29, 0.717) is 4.90 Å². The highest BCUT2D eigenvalue weighted by molar-refractivity contribution is 9.10. The highest BCUT2D eigenvalue weighted by Crippen LogP contribution is 2.37. The maximum atomic E-state index is 12.1. The van der Waals surface area contributed by atoms with Gasteiger partial charge in [-0.25, -0.2) is 0 Å². The minimum Gasteiger partial charge on any atom is -0.480 e. The molecule has 0 saturated heterocycles. The summed E-state index contributed by atoms with van der Waals surface area (Å²) in [6.45, 7) is 0. The minimum atomic E-state index is -1.45. The number of hydrogen-bond acceptors (Lipinski definition) is 2. The van der Waals surface area contributed by atoms with Gasteiger partial charge >= 0.3 is 5.97 Å². The summed E-state index contributed by atoms with van der Waals surface area (Å²) in [5.74, 6) is -0.870. The van der Waals surface area contributed by atoms with Crippen LogP contribution in [0.25, 0.3) is 0 Å². The highest BCUT2D eigenvalue weighted by Gasteiger charge is 2.40. The SMILES string of the molecule is O=C(O)C(C1CC1)S(=O)c1ccc(Br)cc1. The number of rotatable bonds is 4. The number of aliphatic carboxylic acids is 1. The summed E-state index contributed by atoms with van der Waals surface area (Å²) in [4.78, 5) is 11.6. The summed E-state index contributed by atoms with van der Waals surface area (Å²) >= 11 is 3.29. The molecule has 16 heavy (non-hydrogen) atoms. The Labute approximate surface area is 104 Å². The Bertz CT molecular complexity index is 425. The molecule has 0 radical (unpaired) electrons. The van der Waals surface area contributed by atoms with Gasteiger partial charge in [-0.1, -0.05) is 15.9 Å². The zero-order valence-corrected chi connectivity index (χ0v) is 10.8. The molecule has 0 bridgehead atoms. The average Bonchev–Trinajstić information content (AvgIpc) is 3.02. The van der Waals surface area contributed by atoms with Crippen molar-refractivity contribution in [3.63, 3.8) is 0 Å². The maximum absolute atomic E-state index is 12.1. The quantitative estimate of drug-likeness (QED) is 0.929. The fourth-order valence-electron chi connectivity index (χ4n) is 1.58. The molecule has 1 N–H and O–H groups in total. The largest absolute Gasteiger partial charge is 0.480 e. The van der Waals surface area contributed by atoms with Crippen LogP contribution < -0.4 is 0 Å². The smallest absolute Gasteiger partial charge is 0.319 e. The highest BCUT2D eigenvalue weighted by atomic mass is 79.9. The summed E-state index contributed by atoms with van der Waals surface area (Å²) in [6, 6.07) is 6.97. The summed E-state index contributed by atoms with van der Waals surface area (Å²) in [6.07, 6.45) is 1.75. The normalized spacial score (nSPS) is 19.1. The predicted octanol–water partition coefficient (Wildman–Crippen LogP) is 2.42.